The second-order valence-corrected chi connectivity index (χ2v) is 8.36. The van der Waals surface area contributed by atoms with Crippen molar-refractivity contribution in [1.29, 1.82) is 0 Å². The molecule has 0 spiro atoms. The third-order valence-corrected chi connectivity index (χ3v) is 6.55. The van der Waals surface area contributed by atoms with E-state index in [1.807, 2.05) is 0 Å². The number of benzene rings is 1. The Hall–Kier alpha value is -2.07. The van der Waals surface area contributed by atoms with Gasteiger partial charge in [-0.15, -0.1) is 0 Å². The van der Waals surface area contributed by atoms with E-state index in [2.05, 4.69) is 5.10 Å². The molecule has 0 N–H and O–H groups in total. The Balaban J connectivity index is 1.68. The van der Waals surface area contributed by atoms with Crippen LogP contribution in [0.1, 0.15) is 25.1 Å². The molecule has 0 unspecified atom stereocenters. The minimum atomic E-state index is -3.92. The highest BCUT2D eigenvalue weighted by molar-refractivity contribution is 7.89. The average molecular weight is 403 g/mol. The topological polar surface area (TPSA) is 64.4 Å². The van der Waals surface area contributed by atoms with Crippen LogP contribution in [0, 0.1) is 18.7 Å². The largest absolute Gasteiger partial charge is 0.493 e. The predicted octanol–water partition coefficient (Wildman–Crippen LogP) is 3.21. The highest BCUT2D eigenvalue weighted by atomic mass is 32.2. The van der Waals surface area contributed by atoms with Gasteiger partial charge < -0.3 is 4.74 Å². The third-order valence-electron chi connectivity index (χ3n) is 4.58. The minimum absolute atomic E-state index is 0.0518. The Bertz CT molecular complexity index is 885. The van der Waals surface area contributed by atoms with Gasteiger partial charge in [-0.25, -0.2) is 17.5 Å². The molecule has 27 heavy (non-hydrogen) atoms. The Kier molecular flexibility index (Phi) is 5.75. The van der Waals surface area contributed by atoms with Crippen LogP contribution in [-0.4, -0.2) is 42.2 Å². The zero-order valence-corrected chi connectivity index (χ0v) is 15.5. The number of halogens is 3. The lowest BCUT2D eigenvalue weighted by molar-refractivity contribution is 0.0541. The lowest BCUT2D eigenvalue weighted by Crippen LogP contribution is -2.41. The van der Waals surface area contributed by atoms with Crippen LogP contribution in [0.25, 0.3) is 0 Å². The van der Waals surface area contributed by atoms with E-state index in [1.54, 1.807) is 0 Å². The number of ether oxygens (including phenoxy) is 1. The molecular weight excluding hydrogens is 383 g/mol. The molecule has 0 bridgehead atoms. The van der Waals surface area contributed by atoms with Gasteiger partial charge in [0.2, 0.25) is 10.0 Å². The molecule has 0 amide bonds. The summed E-state index contributed by atoms with van der Waals surface area (Å²) in [7, 11) is -3.92. The lowest BCUT2D eigenvalue weighted by Gasteiger charge is -2.31. The third kappa shape index (κ3) is 4.27. The van der Waals surface area contributed by atoms with Gasteiger partial charge in [-0.1, -0.05) is 0 Å². The van der Waals surface area contributed by atoms with Crippen LogP contribution in [0.3, 0.4) is 0 Å². The number of hydrogen-bond donors (Lipinski definition) is 0. The monoisotopic (exact) mass is 403 g/mol. The van der Waals surface area contributed by atoms with Gasteiger partial charge in [-0.05, 0) is 44.0 Å². The van der Waals surface area contributed by atoms with E-state index >= 15 is 0 Å². The fourth-order valence-corrected chi connectivity index (χ4v) is 4.82. The first kappa shape index (κ1) is 19.7. The summed E-state index contributed by atoms with van der Waals surface area (Å²) in [5.74, 6) is 0.0893. The van der Waals surface area contributed by atoms with Crippen molar-refractivity contribution >= 4 is 10.0 Å². The summed E-state index contributed by atoms with van der Waals surface area (Å²) in [6, 6.07) is 5.59. The first-order valence-electron chi connectivity index (χ1n) is 8.50. The Labute approximate surface area is 155 Å². The molecule has 10 heteroatoms. The smallest absolute Gasteiger partial charge is 0.333 e. The highest BCUT2D eigenvalue weighted by Crippen LogP contribution is 2.27. The molecule has 1 aromatic carbocycles. The molecule has 0 radical (unpaired) electrons. The van der Waals surface area contributed by atoms with Gasteiger partial charge in [-0.2, -0.15) is 18.2 Å². The van der Waals surface area contributed by atoms with Gasteiger partial charge in [0.05, 0.1) is 18.5 Å². The number of piperidine rings is 1. The molecule has 6 nitrogen and oxygen atoms in total. The number of sulfonamides is 1. The van der Waals surface area contributed by atoms with E-state index < -0.39 is 16.6 Å². The van der Waals surface area contributed by atoms with Crippen molar-refractivity contribution in [1.82, 2.24) is 14.1 Å². The lowest BCUT2D eigenvalue weighted by atomic mass is 10.0. The average Bonchev–Trinajstić information content (AvgIpc) is 3.04. The number of aromatic nitrogens is 2. The van der Waals surface area contributed by atoms with Gasteiger partial charge in [0.15, 0.2) is 0 Å². The molecule has 1 saturated heterocycles. The maximum absolute atomic E-state index is 12.9. The van der Waals surface area contributed by atoms with Gasteiger partial charge in [-0.3, -0.25) is 0 Å². The van der Waals surface area contributed by atoms with Crippen LogP contribution in [0.15, 0.2) is 35.4 Å². The van der Waals surface area contributed by atoms with E-state index in [-0.39, 0.29) is 35.5 Å². The molecule has 2 heterocycles. The van der Waals surface area contributed by atoms with Crippen molar-refractivity contribution in [2.24, 2.45) is 5.92 Å². The summed E-state index contributed by atoms with van der Waals surface area (Å²) in [5, 5.41) is 3.48. The van der Waals surface area contributed by atoms with Crippen molar-refractivity contribution in [3.05, 3.63) is 42.0 Å². The molecule has 1 aliphatic heterocycles. The molecule has 1 fully saturated rings. The van der Waals surface area contributed by atoms with E-state index in [1.165, 1.54) is 35.5 Å². The van der Waals surface area contributed by atoms with E-state index in [0.29, 0.717) is 23.4 Å². The summed E-state index contributed by atoms with van der Waals surface area (Å²) >= 11 is 0. The van der Waals surface area contributed by atoms with Crippen molar-refractivity contribution in [3.8, 4) is 5.75 Å². The van der Waals surface area contributed by atoms with Gasteiger partial charge in [0, 0.05) is 19.0 Å². The van der Waals surface area contributed by atoms with Crippen LogP contribution in [0.5, 0.6) is 5.75 Å². The van der Waals surface area contributed by atoms with Crippen LogP contribution >= 0.6 is 0 Å². The number of alkyl halides is 2. The Morgan fingerprint density at radius 2 is 2.00 bits per heavy atom. The first-order chi connectivity index (χ1) is 12.8. The van der Waals surface area contributed by atoms with E-state index in [9.17, 15) is 21.6 Å². The quantitative estimate of drug-likeness (QED) is 0.743. The van der Waals surface area contributed by atoms with Gasteiger partial charge >= 0.3 is 6.55 Å². The highest BCUT2D eigenvalue weighted by Gasteiger charge is 2.33. The molecule has 0 aliphatic carbocycles. The first-order valence-corrected chi connectivity index (χ1v) is 9.94. The summed E-state index contributed by atoms with van der Waals surface area (Å²) in [6.07, 6.45) is 2.39. The molecule has 2 aromatic rings. The summed E-state index contributed by atoms with van der Waals surface area (Å²) < 4.78 is 71.7. The molecule has 148 valence electrons. The Morgan fingerprint density at radius 1 is 1.30 bits per heavy atom. The van der Waals surface area contributed by atoms with E-state index in [4.69, 9.17) is 4.74 Å². The van der Waals surface area contributed by atoms with Crippen LogP contribution in [0.2, 0.25) is 0 Å². The van der Waals surface area contributed by atoms with Crippen LogP contribution < -0.4 is 4.74 Å². The predicted molar refractivity (Wildman–Crippen MR) is 91.6 cm³/mol. The number of nitrogens with zero attached hydrogens (tertiary/aromatic N) is 3. The second-order valence-electron chi connectivity index (χ2n) is 6.45. The van der Waals surface area contributed by atoms with Gasteiger partial charge in [0.25, 0.3) is 0 Å². The van der Waals surface area contributed by atoms with Crippen molar-refractivity contribution < 1.29 is 26.3 Å². The molecule has 1 aliphatic rings. The minimum Gasteiger partial charge on any atom is -0.493 e. The Morgan fingerprint density at radius 3 is 2.63 bits per heavy atom. The molecule has 1 aromatic heterocycles. The van der Waals surface area contributed by atoms with Crippen molar-refractivity contribution in [2.45, 2.75) is 31.2 Å². The fourth-order valence-electron chi connectivity index (χ4n) is 3.12. The maximum atomic E-state index is 12.9. The molecule has 0 saturated carbocycles. The maximum Gasteiger partial charge on any atom is 0.333 e. The van der Waals surface area contributed by atoms with E-state index in [0.717, 1.165) is 12.6 Å². The second kappa shape index (κ2) is 7.89. The SMILES string of the molecule is Cc1c(S(=O)(=O)N2CCC[C@H](COc3ccc(F)cc3)C2)cnn1C(F)F. The van der Waals surface area contributed by atoms with Crippen LogP contribution in [-0.2, 0) is 10.0 Å². The number of hydrogen-bond acceptors (Lipinski definition) is 4. The molecule has 3 rings (SSSR count). The zero-order valence-electron chi connectivity index (χ0n) is 14.7. The fraction of sp³-hybridized carbons (Fsp3) is 0.471. The van der Waals surface area contributed by atoms with Gasteiger partial charge in [0.1, 0.15) is 16.5 Å². The zero-order chi connectivity index (χ0) is 19.6. The standard InChI is InChI=1S/C17H20F3N3O3S/c1-12-16(9-21-23(12)17(19)20)27(24,25)22-8-2-3-13(10-22)11-26-15-6-4-14(18)5-7-15/h4-7,9,13,17H,2-3,8,10-11H2,1H3/t13-/m0/s1. The normalized spacial score (nSPS) is 18.8. The van der Waals surface area contributed by atoms with Crippen molar-refractivity contribution in [3.63, 3.8) is 0 Å². The molecular formula is C17H20F3N3O3S. The molecule has 1 atom stereocenters. The number of rotatable bonds is 6. The summed E-state index contributed by atoms with van der Waals surface area (Å²) in [5.41, 5.74) is -0.0883. The summed E-state index contributed by atoms with van der Waals surface area (Å²) in [4.78, 5) is -0.206. The van der Waals surface area contributed by atoms with Crippen molar-refractivity contribution in [2.75, 3.05) is 19.7 Å². The summed E-state index contributed by atoms with van der Waals surface area (Å²) in [6.45, 7) is -0.762. The van der Waals surface area contributed by atoms with Crippen LogP contribution in [0.4, 0.5) is 13.2 Å².